The molecule has 3 rings (SSSR count). The summed E-state index contributed by atoms with van der Waals surface area (Å²) in [6.07, 6.45) is 9.30. The van der Waals surface area contributed by atoms with Crippen molar-refractivity contribution in [2.45, 2.75) is 20.1 Å². The Bertz CT molecular complexity index is 969. The van der Waals surface area contributed by atoms with Gasteiger partial charge in [0.15, 0.2) is 6.29 Å². The third kappa shape index (κ3) is 6.18. The molecule has 0 saturated heterocycles. The van der Waals surface area contributed by atoms with E-state index in [1.54, 1.807) is 14.2 Å². The third-order valence-electron chi connectivity index (χ3n) is 5.80. The summed E-state index contributed by atoms with van der Waals surface area (Å²) < 4.78 is 10.6. The highest BCUT2D eigenvalue weighted by atomic mass is 31.2. The van der Waals surface area contributed by atoms with Crippen LogP contribution in [0.2, 0.25) is 0 Å². The summed E-state index contributed by atoms with van der Waals surface area (Å²) >= 11 is 0. The molecule has 0 saturated carbocycles. The topological polar surface area (TPSA) is 18.5 Å². The quantitative estimate of drug-likeness (QED) is 0.210. The highest BCUT2D eigenvalue weighted by Crippen LogP contribution is 2.55. The Morgan fingerprint density at radius 1 is 0.727 bits per heavy atom. The number of rotatable bonds is 10. The molecule has 170 valence electrons. The number of ether oxygens (including phenoxy) is 2. The average molecular weight is 458 g/mol. The van der Waals surface area contributed by atoms with E-state index >= 15 is 0 Å². The number of benzene rings is 3. The number of methoxy groups -OCH3 is 2. The lowest BCUT2D eigenvalue weighted by Gasteiger charge is -2.26. The van der Waals surface area contributed by atoms with Crippen LogP contribution in [0.15, 0.2) is 126 Å². The van der Waals surface area contributed by atoms with Crippen molar-refractivity contribution in [2.24, 2.45) is 0 Å². The van der Waals surface area contributed by atoms with E-state index in [1.165, 1.54) is 21.5 Å². The summed E-state index contributed by atoms with van der Waals surface area (Å²) in [5.41, 5.74) is 2.27. The Hall–Kier alpha value is -2.77. The molecule has 0 amide bonds. The predicted octanol–water partition coefficient (Wildman–Crippen LogP) is 6.05. The van der Waals surface area contributed by atoms with E-state index in [2.05, 4.69) is 116 Å². The zero-order valence-corrected chi connectivity index (χ0v) is 20.9. The summed E-state index contributed by atoms with van der Waals surface area (Å²) in [4.78, 5) is 0. The van der Waals surface area contributed by atoms with Gasteiger partial charge in [-0.15, -0.1) is 0 Å². The van der Waals surface area contributed by atoms with Gasteiger partial charge < -0.3 is 9.47 Å². The van der Waals surface area contributed by atoms with Crippen LogP contribution in [0.3, 0.4) is 0 Å². The number of allylic oxidation sites excluding steroid dienone is 5. The average Bonchev–Trinajstić information content (AvgIpc) is 2.87. The molecule has 0 heterocycles. The van der Waals surface area contributed by atoms with Crippen LogP contribution >= 0.6 is 7.26 Å². The van der Waals surface area contributed by atoms with Gasteiger partial charge >= 0.3 is 0 Å². The molecule has 3 aromatic rings. The van der Waals surface area contributed by atoms with E-state index in [-0.39, 0.29) is 6.29 Å². The molecule has 0 atom stereocenters. The maximum absolute atomic E-state index is 5.32. The van der Waals surface area contributed by atoms with Crippen molar-refractivity contribution >= 4 is 23.2 Å². The molecule has 3 heteroatoms. The first kappa shape index (κ1) is 24.9. The molecule has 33 heavy (non-hydrogen) atoms. The Morgan fingerprint density at radius 3 is 1.55 bits per heavy atom. The summed E-state index contributed by atoms with van der Waals surface area (Å²) in [5.74, 6) is 0. The maximum atomic E-state index is 5.32. The zero-order valence-electron chi connectivity index (χ0n) is 20.0. The van der Waals surface area contributed by atoms with Crippen molar-refractivity contribution < 1.29 is 9.47 Å². The molecule has 0 radical (unpaired) electrons. The molecule has 0 aliphatic rings. The summed E-state index contributed by atoms with van der Waals surface area (Å²) in [7, 11) is 1.46. The molecule has 0 spiro atoms. The Kier molecular flexibility index (Phi) is 9.39. The third-order valence-corrected chi connectivity index (χ3v) is 10.1. The smallest absolute Gasteiger partial charge is 0.179 e. The second-order valence-corrected chi connectivity index (χ2v) is 11.6. The van der Waals surface area contributed by atoms with Crippen molar-refractivity contribution in [3.63, 3.8) is 0 Å². The van der Waals surface area contributed by atoms with E-state index in [0.717, 1.165) is 11.7 Å². The molecule has 0 aromatic heterocycles. The molecule has 0 aliphatic heterocycles. The van der Waals surface area contributed by atoms with Crippen LogP contribution in [0, 0.1) is 0 Å². The molecule has 0 bridgehead atoms. The molecular weight excluding hydrogens is 423 g/mol. The minimum Gasteiger partial charge on any atom is -0.352 e. The largest absolute Gasteiger partial charge is 0.352 e. The van der Waals surface area contributed by atoms with Crippen LogP contribution in [0.5, 0.6) is 0 Å². The van der Waals surface area contributed by atoms with Crippen molar-refractivity contribution in [3.05, 3.63) is 126 Å². The van der Waals surface area contributed by atoms with Crippen LogP contribution in [0.1, 0.15) is 13.8 Å². The molecule has 0 fully saturated rings. The van der Waals surface area contributed by atoms with Gasteiger partial charge in [0.2, 0.25) is 0 Å². The Morgan fingerprint density at radius 2 is 1.15 bits per heavy atom. The minimum absolute atomic E-state index is 0.313. The van der Waals surface area contributed by atoms with Gasteiger partial charge in [0.25, 0.3) is 0 Å². The van der Waals surface area contributed by atoms with E-state index in [9.17, 15) is 0 Å². The first-order valence-corrected chi connectivity index (χ1v) is 13.2. The molecule has 0 aliphatic carbocycles. The van der Waals surface area contributed by atoms with E-state index < -0.39 is 7.26 Å². The molecular formula is C30H34O2P+. The van der Waals surface area contributed by atoms with Crippen LogP contribution in [0.25, 0.3) is 0 Å². The minimum atomic E-state index is -1.85. The van der Waals surface area contributed by atoms with Crippen LogP contribution < -0.4 is 15.9 Å². The van der Waals surface area contributed by atoms with Crippen LogP contribution in [-0.2, 0) is 9.47 Å². The number of hydrogen-bond donors (Lipinski definition) is 0. The van der Waals surface area contributed by atoms with E-state index in [0.29, 0.717) is 0 Å². The lowest BCUT2D eigenvalue weighted by atomic mass is 10.2. The highest BCUT2D eigenvalue weighted by molar-refractivity contribution is 7.95. The van der Waals surface area contributed by atoms with Gasteiger partial charge in [-0.25, -0.2) is 0 Å². The SMILES string of the molecule is COC(OC)/C(C)=C/C=C/C(C)=C/C[P+](c1ccccc1)(c1ccccc1)c1ccccc1. The predicted molar refractivity (Wildman–Crippen MR) is 144 cm³/mol. The van der Waals surface area contributed by atoms with Gasteiger partial charge in [-0.05, 0) is 61.9 Å². The fraction of sp³-hybridized carbons (Fsp3) is 0.200. The van der Waals surface area contributed by atoms with Gasteiger partial charge in [0, 0.05) is 14.2 Å². The van der Waals surface area contributed by atoms with Gasteiger partial charge in [0.1, 0.15) is 23.2 Å². The standard InChI is InChI=1S/C30H34O2P/c1-25(15-14-16-26(2)30(31-3)32-4)23-24-33(27-17-8-5-9-18-27,28-19-10-6-11-20-28)29-21-12-7-13-22-29/h5-23,30H,24H2,1-4H3/q+1/b15-14+,25-23+,26-16+. The molecule has 0 unspecified atom stereocenters. The fourth-order valence-electron chi connectivity index (χ4n) is 4.06. The van der Waals surface area contributed by atoms with Gasteiger partial charge in [0.05, 0.1) is 6.16 Å². The zero-order chi connectivity index (χ0) is 23.5. The molecule has 0 N–H and O–H groups in total. The lowest BCUT2D eigenvalue weighted by Crippen LogP contribution is -2.33. The molecule has 3 aromatic carbocycles. The molecule has 2 nitrogen and oxygen atoms in total. The van der Waals surface area contributed by atoms with Gasteiger partial charge in [-0.3, -0.25) is 0 Å². The van der Waals surface area contributed by atoms with E-state index in [4.69, 9.17) is 9.47 Å². The first-order valence-electron chi connectivity index (χ1n) is 11.2. The Balaban J connectivity index is 2.02. The van der Waals surface area contributed by atoms with Crippen LogP contribution in [0.4, 0.5) is 0 Å². The monoisotopic (exact) mass is 457 g/mol. The van der Waals surface area contributed by atoms with Crippen LogP contribution in [-0.4, -0.2) is 26.7 Å². The highest BCUT2D eigenvalue weighted by Gasteiger charge is 2.44. The lowest BCUT2D eigenvalue weighted by molar-refractivity contribution is -0.0746. The first-order chi connectivity index (χ1) is 16.1. The van der Waals surface area contributed by atoms with E-state index in [1.807, 2.05) is 13.0 Å². The number of hydrogen-bond acceptors (Lipinski definition) is 2. The second kappa shape index (κ2) is 12.5. The van der Waals surface area contributed by atoms with Crippen molar-refractivity contribution in [1.29, 1.82) is 0 Å². The van der Waals surface area contributed by atoms with Gasteiger partial charge in [-0.1, -0.05) is 78.4 Å². The fourth-order valence-corrected chi connectivity index (χ4v) is 8.19. The second-order valence-electron chi connectivity index (χ2n) is 8.02. The van der Waals surface area contributed by atoms with Crippen molar-refractivity contribution in [2.75, 3.05) is 20.4 Å². The van der Waals surface area contributed by atoms with Gasteiger partial charge in [-0.2, -0.15) is 0 Å². The normalized spacial score (nSPS) is 13.1. The summed E-state index contributed by atoms with van der Waals surface area (Å²) in [6.45, 7) is 4.18. The Labute approximate surface area is 199 Å². The maximum Gasteiger partial charge on any atom is 0.179 e. The summed E-state index contributed by atoms with van der Waals surface area (Å²) in [6, 6.07) is 32.9. The van der Waals surface area contributed by atoms with Crippen molar-refractivity contribution in [3.8, 4) is 0 Å². The summed E-state index contributed by atoms with van der Waals surface area (Å²) in [5, 5.41) is 4.19. The van der Waals surface area contributed by atoms with Crippen molar-refractivity contribution in [1.82, 2.24) is 0 Å².